The average molecular weight is 454 g/mol. The van der Waals surface area contributed by atoms with Crippen molar-refractivity contribution < 1.29 is 13.9 Å². The van der Waals surface area contributed by atoms with Gasteiger partial charge in [0.15, 0.2) is 5.78 Å². The summed E-state index contributed by atoms with van der Waals surface area (Å²) in [4.78, 5) is 31.3. The van der Waals surface area contributed by atoms with E-state index in [1.165, 1.54) is 34.4 Å². The number of rotatable bonds is 7. The van der Waals surface area contributed by atoms with E-state index in [-0.39, 0.29) is 29.7 Å². The lowest BCUT2D eigenvalue weighted by Gasteiger charge is -2.17. The van der Waals surface area contributed by atoms with Crippen molar-refractivity contribution >= 4 is 27.3 Å². The molecule has 0 fully saturated rings. The van der Waals surface area contributed by atoms with Crippen LogP contribution in [0.5, 0.6) is 0 Å². The maximum atomic E-state index is 13.3. The molecule has 0 spiro atoms. The van der Waals surface area contributed by atoms with Crippen molar-refractivity contribution in [3.8, 4) is 11.1 Å². The summed E-state index contributed by atoms with van der Waals surface area (Å²) in [6, 6.07) is 7.93. The lowest BCUT2D eigenvalue weighted by Crippen LogP contribution is -2.25. The second kappa shape index (κ2) is 8.80. The molecule has 8 heteroatoms. The highest BCUT2D eigenvalue weighted by molar-refractivity contribution is 7.17. The summed E-state index contributed by atoms with van der Waals surface area (Å²) in [5, 5.41) is 2.28. The maximum absolute atomic E-state index is 13.3. The van der Waals surface area contributed by atoms with E-state index in [0.717, 1.165) is 17.0 Å². The lowest BCUT2D eigenvalue weighted by molar-refractivity contribution is 0.0969. The molecule has 32 heavy (non-hydrogen) atoms. The number of benzene rings is 1. The molecule has 0 saturated heterocycles. The van der Waals surface area contributed by atoms with Crippen LogP contribution in [-0.2, 0) is 11.3 Å². The highest BCUT2D eigenvalue weighted by atomic mass is 32.1. The van der Waals surface area contributed by atoms with Crippen molar-refractivity contribution in [3.63, 3.8) is 0 Å². The summed E-state index contributed by atoms with van der Waals surface area (Å²) in [7, 11) is 1.65. The van der Waals surface area contributed by atoms with Gasteiger partial charge >= 0.3 is 0 Å². The van der Waals surface area contributed by atoms with Gasteiger partial charge in [0.2, 0.25) is 0 Å². The summed E-state index contributed by atoms with van der Waals surface area (Å²) < 4.78 is 22.0. The van der Waals surface area contributed by atoms with Gasteiger partial charge in [0.25, 0.3) is 5.56 Å². The van der Waals surface area contributed by atoms with Gasteiger partial charge in [-0.2, -0.15) is 0 Å². The van der Waals surface area contributed by atoms with Crippen molar-refractivity contribution in [2.24, 2.45) is 0 Å². The van der Waals surface area contributed by atoms with Gasteiger partial charge in [0.1, 0.15) is 10.6 Å². The van der Waals surface area contributed by atoms with Crippen LogP contribution in [0.1, 0.15) is 34.7 Å². The van der Waals surface area contributed by atoms with Crippen LogP contribution < -0.4 is 5.56 Å². The number of fused-ring (bicyclic) bond motifs is 1. The van der Waals surface area contributed by atoms with Gasteiger partial charge in [-0.1, -0.05) is 12.1 Å². The Morgan fingerprint density at radius 1 is 1.25 bits per heavy atom. The number of methoxy groups -OCH3 is 1. The first-order chi connectivity index (χ1) is 15.3. The standard InChI is InChI=1S/C24H24FN3O3S/c1-14-9-19(16(3)28(14)15(2)11-31-4)21(29)10-27-13-26-23-22(24(27)30)20(12-32-23)17-5-7-18(25)8-6-17/h5-9,12-13,15H,10-11H2,1-4H3/t15-/m0/s1. The molecule has 0 aliphatic heterocycles. The Labute approximate surface area is 188 Å². The maximum Gasteiger partial charge on any atom is 0.263 e. The first kappa shape index (κ1) is 22.1. The summed E-state index contributed by atoms with van der Waals surface area (Å²) >= 11 is 1.35. The van der Waals surface area contributed by atoms with E-state index in [4.69, 9.17) is 4.74 Å². The van der Waals surface area contributed by atoms with Gasteiger partial charge in [0, 0.05) is 35.0 Å². The van der Waals surface area contributed by atoms with Gasteiger partial charge < -0.3 is 9.30 Å². The molecule has 1 atom stereocenters. The highest BCUT2D eigenvalue weighted by Crippen LogP contribution is 2.30. The zero-order valence-electron chi connectivity index (χ0n) is 18.4. The zero-order valence-corrected chi connectivity index (χ0v) is 19.2. The van der Waals surface area contributed by atoms with Gasteiger partial charge in [-0.3, -0.25) is 14.2 Å². The molecule has 4 rings (SSSR count). The number of Topliss-reactive ketones (excluding diaryl/α,β-unsaturated/α-hetero) is 1. The van der Waals surface area contributed by atoms with Gasteiger partial charge in [-0.05, 0) is 44.5 Å². The summed E-state index contributed by atoms with van der Waals surface area (Å²) in [6.45, 7) is 6.32. The predicted molar refractivity (Wildman–Crippen MR) is 124 cm³/mol. The lowest BCUT2D eigenvalue weighted by atomic mass is 10.1. The smallest absolute Gasteiger partial charge is 0.263 e. The summed E-state index contributed by atoms with van der Waals surface area (Å²) in [5.41, 5.74) is 3.54. The van der Waals surface area contributed by atoms with Crippen LogP contribution in [0.25, 0.3) is 21.3 Å². The van der Waals surface area contributed by atoms with Crippen LogP contribution in [0.3, 0.4) is 0 Å². The van der Waals surface area contributed by atoms with Crippen LogP contribution in [-0.4, -0.2) is 33.6 Å². The van der Waals surface area contributed by atoms with Crippen LogP contribution in [0.4, 0.5) is 4.39 Å². The monoisotopic (exact) mass is 453 g/mol. The molecule has 0 unspecified atom stereocenters. The van der Waals surface area contributed by atoms with Crippen molar-refractivity contribution in [1.29, 1.82) is 0 Å². The Hall–Kier alpha value is -3.10. The Kier molecular flexibility index (Phi) is 6.08. The third kappa shape index (κ3) is 3.91. The Morgan fingerprint density at radius 3 is 2.66 bits per heavy atom. The molecule has 0 bridgehead atoms. The number of aromatic nitrogens is 3. The van der Waals surface area contributed by atoms with E-state index >= 15 is 0 Å². The summed E-state index contributed by atoms with van der Waals surface area (Å²) in [6.07, 6.45) is 1.42. The van der Waals surface area contributed by atoms with Crippen molar-refractivity contribution in [2.75, 3.05) is 13.7 Å². The average Bonchev–Trinajstić information content (AvgIpc) is 3.32. The van der Waals surface area contributed by atoms with E-state index in [1.807, 2.05) is 32.2 Å². The minimum absolute atomic E-state index is 0.0892. The zero-order chi connectivity index (χ0) is 23.0. The third-order valence-electron chi connectivity index (χ3n) is 5.66. The largest absolute Gasteiger partial charge is 0.383 e. The second-order valence-electron chi connectivity index (χ2n) is 7.90. The van der Waals surface area contributed by atoms with Crippen LogP contribution in [0.15, 0.2) is 46.8 Å². The van der Waals surface area contributed by atoms with E-state index in [1.54, 1.807) is 19.2 Å². The molecule has 3 aromatic heterocycles. The molecule has 166 valence electrons. The van der Waals surface area contributed by atoms with Crippen molar-refractivity contribution in [1.82, 2.24) is 14.1 Å². The highest BCUT2D eigenvalue weighted by Gasteiger charge is 2.20. The molecule has 6 nitrogen and oxygen atoms in total. The number of aryl methyl sites for hydroxylation is 1. The van der Waals surface area contributed by atoms with Gasteiger partial charge in [-0.25, -0.2) is 9.37 Å². The fraction of sp³-hybridized carbons (Fsp3) is 0.292. The molecule has 0 radical (unpaired) electrons. The van der Waals surface area contributed by atoms with Gasteiger partial charge in [-0.15, -0.1) is 11.3 Å². The molecular weight excluding hydrogens is 429 g/mol. The molecule has 4 aromatic rings. The normalized spacial score (nSPS) is 12.4. The van der Waals surface area contributed by atoms with Crippen LogP contribution >= 0.6 is 11.3 Å². The molecule has 0 N–H and O–H groups in total. The second-order valence-corrected chi connectivity index (χ2v) is 8.75. The van der Waals surface area contributed by atoms with Crippen molar-refractivity contribution in [3.05, 3.63) is 75.2 Å². The molecule has 3 heterocycles. The quantitative estimate of drug-likeness (QED) is 0.378. The number of hydrogen-bond donors (Lipinski definition) is 0. The third-order valence-corrected chi connectivity index (χ3v) is 6.55. The minimum Gasteiger partial charge on any atom is -0.383 e. The molecule has 0 aliphatic rings. The number of nitrogens with zero attached hydrogens (tertiary/aromatic N) is 3. The fourth-order valence-corrected chi connectivity index (χ4v) is 5.12. The molecule has 0 saturated carbocycles. The topological polar surface area (TPSA) is 66.1 Å². The number of thiophene rings is 1. The molecular formula is C24H24FN3O3S. The number of halogens is 1. The number of ketones is 1. The summed E-state index contributed by atoms with van der Waals surface area (Å²) in [5.74, 6) is -0.498. The number of ether oxygens (including phenoxy) is 1. The molecule has 0 amide bonds. The number of hydrogen-bond acceptors (Lipinski definition) is 5. The van der Waals surface area contributed by atoms with E-state index < -0.39 is 0 Å². The van der Waals surface area contributed by atoms with Crippen molar-refractivity contribution in [2.45, 2.75) is 33.4 Å². The predicted octanol–water partition coefficient (Wildman–Crippen LogP) is 4.77. The molecule has 1 aromatic carbocycles. The first-order valence-corrected chi connectivity index (χ1v) is 11.1. The number of carbonyl (C=O) groups is 1. The van der Waals surface area contributed by atoms with E-state index in [0.29, 0.717) is 28.0 Å². The Morgan fingerprint density at radius 2 is 1.97 bits per heavy atom. The van der Waals surface area contributed by atoms with Gasteiger partial charge in [0.05, 0.1) is 30.9 Å². The minimum atomic E-state index is -0.341. The SMILES string of the molecule is COC[C@H](C)n1c(C)cc(C(=O)Cn2cnc3scc(-c4ccc(F)cc4)c3c2=O)c1C. The fourth-order valence-electron chi connectivity index (χ4n) is 4.22. The Balaban J connectivity index is 1.70. The first-order valence-electron chi connectivity index (χ1n) is 10.2. The van der Waals surface area contributed by atoms with E-state index in [9.17, 15) is 14.0 Å². The number of carbonyl (C=O) groups excluding carboxylic acids is 1. The van der Waals surface area contributed by atoms with Crippen LogP contribution in [0.2, 0.25) is 0 Å². The molecule has 0 aliphatic carbocycles. The van der Waals surface area contributed by atoms with Crippen LogP contribution in [0, 0.1) is 19.7 Å². The van der Waals surface area contributed by atoms with E-state index in [2.05, 4.69) is 9.55 Å². The Bertz CT molecular complexity index is 1350.